The zero-order valence-electron chi connectivity index (χ0n) is 13.9. The van der Waals surface area contributed by atoms with Crippen LogP contribution < -0.4 is 10.6 Å². The molecule has 0 aliphatic heterocycles. The number of pyridine rings is 2. The quantitative estimate of drug-likeness (QED) is 0.782. The highest BCUT2D eigenvalue weighted by Crippen LogP contribution is 2.21. The molecule has 26 heavy (non-hydrogen) atoms. The third-order valence-electron chi connectivity index (χ3n) is 4.41. The summed E-state index contributed by atoms with van der Waals surface area (Å²) in [4.78, 5) is 32.4. The van der Waals surface area contributed by atoms with E-state index in [1.807, 2.05) is 0 Å². The lowest BCUT2D eigenvalue weighted by atomic mass is 9.91. The Balaban J connectivity index is 1.50. The monoisotopic (exact) mass is 392 g/mol. The zero-order chi connectivity index (χ0) is 18.5. The van der Waals surface area contributed by atoms with Gasteiger partial charge < -0.3 is 10.6 Å². The largest absolute Gasteiger partial charge is 0.349 e. The van der Waals surface area contributed by atoms with Crippen molar-refractivity contribution >= 4 is 35.0 Å². The minimum Gasteiger partial charge on any atom is -0.349 e. The van der Waals surface area contributed by atoms with Crippen LogP contribution in [-0.2, 0) is 0 Å². The van der Waals surface area contributed by atoms with Crippen molar-refractivity contribution in [1.29, 1.82) is 0 Å². The molecule has 1 aliphatic rings. The molecule has 3 rings (SSSR count). The normalized spacial score (nSPS) is 19.6. The van der Waals surface area contributed by atoms with Crippen LogP contribution in [0.2, 0.25) is 10.3 Å². The predicted molar refractivity (Wildman–Crippen MR) is 99.5 cm³/mol. The molecule has 6 nitrogen and oxygen atoms in total. The Hall–Kier alpha value is -2.18. The van der Waals surface area contributed by atoms with Crippen molar-refractivity contribution in [3.63, 3.8) is 0 Å². The van der Waals surface area contributed by atoms with Crippen LogP contribution in [0.1, 0.15) is 46.4 Å². The highest BCUT2D eigenvalue weighted by Gasteiger charge is 2.25. The number of hydrogen-bond donors (Lipinski definition) is 2. The summed E-state index contributed by atoms with van der Waals surface area (Å²) >= 11 is 11.9. The minimum atomic E-state index is -0.224. The lowest BCUT2D eigenvalue weighted by molar-refractivity contribution is 0.0891. The zero-order valence-corrected chi connectivity index (χ0v) is 15.4. The number of halogens is 2. The first-order chi connectivity index (χ1) is 12.5. The molecule has 0 unspecified atom stereocenters. The SMILES string of the molecule is O=C(NC1CCC(NC(=O)c2cccnc2Cl)CC1)c1cccnc1Cl. The summed E-state index contributed by atoms with van der Waals surface area (Å²) in [5, 5.41) is 6.35. The van der Waals surface area contributed by atoms with Crippen LogP contribution >= 0.6 is 23.2 Å². The lowest BCUT2D eigenvalue weighted by Crippen LogP contribution is -2.44. The van der Waals surface area contributed by atoms with E-state index in [4.69, 9.17) is 23.2 Å². The first-order valence-corrected chi connectivity index (χ1v) is 9.13. The standard InChI is InChI=1S/C18H18Cl2N4O2/c19-15-13(3-1-9-21-15)17(25)23-11-5-7-12(8-6-11)24-18(26)14-4-2-10-22-16(14)20/h1-4,9-12H,5-8H2,(H,23,25)(H,24,26). The van der Waals surface area contributed by atoms with Gasteiger partial charge in [-0.3, -0.25) is 9.59 Å². The fourth-order valence-corrected chi connectivity index (χ4v) is 3.43. The highest BCUT2D eigenvalue weighted by atomic mass is 35.5. The van der Waals surface area contributed by atoms with E-state index in [0.717, 1.165) is 25.7 Å². The minimum absolute atomic E-state index is 0.0499. The summed E-state index contributed by atoms with van der Waals surface area (Å²) in [5.74, 6) is -0.449. The maximum absolute atomic E-state index is 12.3. The summed E-state index contributed by atoms with van der Waals surface area (Å²) in [5.41, 5.74) is 0.742. The Labute approximate surface area is 161 Å². The second-order valence-electron chi connectivity index (χ2n) is 6.18. The third-order valence-corrected chi connectivity index (χ3v) is 5.01. The van der Waals surface area contributed by atoms with E-state index in [9.17, 15) is 9.59 Å². The second-order valence-corrected chi connectivity index (χ2v) is 6.90. The molecule has 1 fully saturated rings. The van der Waals surface area contributed by atoms with Crippen LogP contribution in [0.25, 0.3) is 0 Å². The van der Waals surface area contributed by atoms with Gasteiger partial charge in [0, 0.05) is 24.5 Å². The summed E-state index contributed by atoms with van der Waals surface area (Å²) in [6.07, 6.45) is 6.18. The molecule has 2 aromatic heterocycles. The molecule has 2 heterocycles. The van der Waals surface area contributed by atoms with Crippen LogP contribution in [0, 0.1) is 0 Å². The third kappa shape index (κ3) is 4.51. The molecule has 0 radical (unpaired) electrons. The Bertz CT molecular complexity index is 740. The number of carbonyl (C=O) groups is 2. The average molecular weight is 393 g/mol. The number of nitrogens with one attached hydrogen (secondary N) is 2. The van der Waals surface area contributed by atoms with Gasteiger partial charge in [-0.1, -0.05) is 23.2 Å². The number of nitrogens with zero attached hydrogens (tertiary/aromatic N) is 2. The van der Waals surface area contributed by atoms with Crippen molar-refractivity contribution in [2.45, 2.75) is 37.8 Å². The van der Waals surface area contributed by atoms with E-state index in [-0.39, 0.29) is 34.2 Å². The second kappa shape index (κ2) is 8.47. The van der Waals surface area contributed by atoms with Crippen LogP contribution in [0.3, 0.4) is 0 Å². The van der Waals surface area contributed by atoms with Crippen molar-refractivity contribution in [3.8, 4) is 0 Å². The van der Waals surface area contributed by atoms with Gasteiger partial charge in [-0.25, -0.2) is 9.97 Å². The number of aromatic nitrogens is 2. The molecule has 0 spiro atoms. The summed E-state index contributed by atoms with van der Waals surface area (Å²) in [7, 11) is 0. The molecule has 2 aromatic rings. The first-order valence-electron chi connectivity index (χ1n) is 8.37. The number of hydrogen-bond acceptors (Lipinski definition) is 4. The molecule has 2 N–H and O–H groups in total. The maximum Gasteiger partial charge on any atom is 0.254 e. The molecule has 0 atom stereocenters. The van der Waals surface area contributed by atoms with Gasteiger partial charge in [0.2, 0.25) is 0 Å². The van der Waals surface area contributed by atoms with Gasteiger partial charge in [0.25, 0.3) is 11.8 Å². The highest BCUT2D eigenvalue weighted by molar-refractivity contribution is 6.33. The van der Waals surface area contributed by atoms with E-state index >= 15 is 0 Å². The summed E-state index contributed by atoms with van der Waals surface area (Å²) in [6, 6.07) is 6.75. The Morgan fingerprint density at radius 3 is 1.54 bits per heavy atom. The molecule has 0 saturated heterocycles. The molecule has 8 heteroatoms. The summed E-state index contributed by atoms with van der Waals surface area (Å²) < 4.78 is 0. The topological polar surface area (TPSA) is 84.0 Å². The van der Waals surface area contributed by atoms with Crippen LogP contribution in [0.15, 0.2) is 36.7 Å². The van der Waals surface area contributed by atoms with Gasteiger partial charge in [-0.15, -0.1) is 0 Å². The molecular weight excluding hydrogens is 375 g/mol. The Kier molecular flexibility index (Phi) is 6.06. The molecular formula is C18H18Cl2N4O2. The smallest absolute Gasteiger partial charge is 0.254 e. The lowest BCUT2D eigenvalue weighted by Gasteiger charge is -2.29. The predicted octanol–water partition coefficient (Wildman–Crippen LogP) is 3.25. The van der Waals surface area contributed by atoms with E-state index in [1.54, 1.807) is 36.7 Å². The van der Waals surface area contributed by atoms with Crippen molar-refractivity contribution in [1.82, 2.24) is 20.6 Å². The average Bonchev–Trinajstić information content (AvgIpc) is 2.64. The van der Waals surface area contributed by atoms with Crippen molar-refractivity contribution in [2.75, 3.05) is 0 Å². The van der Waals surface area contributed by atoms with Crippen LogP contribution in [0.5, 0.6) is 0 Å². The summed E-state index contributed by atoms with van der Waals surface area (Å²) in [6.45, 7) is 0. The fourth-order valence-electron chi connectivity index (χ4n) is 3.02. The first kappa shape index (κ1) is 18.6. The van der Waals surface area contributed by atoms with Gasteiger partial charge in [-0.05, 0) is 49.9 Å². The molecule has 0 bridgehead atoms. The number of rotatable bonds is 4. The van der Waals surface area contributed by atoms with Gasteiger partial charge in [0.15, 0.2) is 0 Å². The van der Waals surface area contributed by atoms with E-state index in [0.29, 0.717) is 11.1 Å². The van der Waals surface area contributed by atoms with Crippen molar-refractivity contribution in [3.05, 3.63) is 58.1 Å². The fraction of sp³-hybridized carbons (Fsp3) is 0.333. The maximum atomic E-state index is 12.3. The molecule has 136 valence electrons. The number of amides is 2. The molecule has 0 aromatic carbocycles. The van der Waals surface area contributed by atoms with Crippen molar-refractivity contribution in [2.24, 2.45) is 0 Å². The van der Waals surface area contributed by atoms with Crippen LogP contribution in [0.4, 0.5) is 0 Å². The molecule has 1 saturated carbocycles. The van der Waals surface area contributed by atoms with E-state index in [2.05, 4.69) is 20.6 Å². The molecule has 1 aliphatic carbocycles. The van der Waals surface area contributed by atoms with Gasteiger partial charge in [0.05, 0.1) is 11.1 Å². The van der Waals surface area contributed by atoms with Crippen LogP contribution in [-0.4, -0.2) is 33.9 Å². The van der Waals surface area contributed by atoms with Crippen molar-refractivity contribution < 1.29 is 9.59 Å². The van der Waals surface area contributed by atoms with Gasteiger partial charge >= 0.3 is 0 Å². The van der Waals surface area contributed by atoms with Gasteiger partial charge in [-0.2, -0.15) is 0 Å². The molecule has 2 amide bonds. The van der Waals surface area contributed by atoms with Gasteiger partial charge in [0.1, 0.15) is 10.3 Å². The number of carbonyl (C=O) groups excluding carboxylic acids is 2. The Morgan fingerprint density at radius 2 is 1.19 bits per heavy atom. The van der Waals surface area contributed by atoms with E-state index < -0.39 is 0 Å². The van der Waals surface area contributed by atoms with E-state index in [1.165, 1.54) is 0 Å². The Morgan fingerprint density at radius 1 is 0.808 bits per heavy atom.